The summed E-state index contributed by atoms with van der Waals surface area (Å²) in [6.07, 6.45) is 2.56. The minimum absolute atomic E-state index is 0.299. The Balaban J connectivity index is 1.61. The molecule has 3 rings (SSSR count). The Morgan fingerprint density at radius 1 is 1.09 bits per heavy atom. The van der Waals surface area contributed by atoms with Crippen molar-refractivity contribution in [3.05, 3.63) is 65.5 Å². The lowest BCUT2D eigenvalue weighted by atomic mass is 10.1. The largest absolute Gasteiger partial charge is 0.322 e. The van der Waals surface area contributed by atoms with E-state index >= 15 is 0 Å². The van der Waals surface area contributed by atoms with E-state index in [9.17, 15) is 9.18 Å². The van der Waals surface area contributed by atoms with Crippen molar-refractivity contribution in [3.63, 3.8) is 0 Å². The third-order valence-corrected chi connectivity index (χ3v) is 3.90. The Morgan fingerprint density at radius 3 is 2.50 bits per heavy atom. The zero-order chi connectivity index (χ0) is 15.4. The molecule has 4 heteroatoms. The molecule has 0 spiro atoms. The number of carbonyl (C=O) groups is 1. The third-order valence-electron chi connectivity index (χ3n) is 3.90. The van der Waals surface area contributed by atoms with Crippen molar-refractivity contribution in [1.82, 2.24) is 4.90 Å². The maximum absolute atomic E-state index is 13.1. The van der Waals surface area contributed by atoms with Gasteiger partial charge in [0.25, 0.3) is 5.91 Å². The highest BCUT2D eigenvalue weighted by Crippen LogP contribution is 2.16. The first-order valence-corrected chi connectivity index (χ1v) is 7.59. The SMILES string of the molecule is O=C(Nc1ccc(CN2CCCC2)cc1)c1cccc(F)c1. The molecule has 3 nitrogen and oxygen atoms in total. The topological polar surface area (TPSA) is 32.3 Å². The fourth-order valence-corrected chi connectivity index (χ4v) is 2.73. The molecule has 1 aliphatic rings. The standard InChI is InChI=1S/C18H19FN2O/c19-16-5-3-4-15(12-16)18(22)20-17-8-6-14(7-9-17)13-21-10-1-2-11-21/h3-9,12H,1-2,10-11,13H2,(H,20,22). The lowest BCUT2D eigenvalue weighted by Crippen LogP contribution is -2.18. The Morgan fingerprint density at radius 2 is 1.82 bits per heavy atom. The summed E-state index contributed by atoms with van der Waals surface area (Å²) in [7, 11) is 0. The molecule has 1 N–H and O–H groups in total. The van der Waals surface area contributed by atoms with Crippen LogP contribution in [0, 0.1) is 5.82 Å². The van der Waals surface area contributed by atoms with Gasteiger partial charge in [0.2, 0.25) is 0 Å². The van der Waals surface area contributed by atoms with Crippen molar-refractivity contribution >= 4 is 11.6 Å². The second-order valence-corrected chi connectivity index (χ2v) is 5.64. The number of benzene rings is 2. The number of hydrogen-bond acceptors (Lipinski definition) is 2. The van der Waals surface area contributed by atoms with Crippen molar-refractivity contribution in [2.24, 2.45) is 0 Å². The van der Waals surface area contributed by atoms with Crippen LogP contribution in [0.5, 0.6) is 0 Å². The van der Waals surface area contributed by atoms with Gasteiger partial charge < -0.3 is 5.32 Å². The third kappa shape index (κ3) is 3.71. The Hall–Kier alpha value is -2.20. The van der Waals surface area contributed by atoms with Crippen LogP contribution >= 0.6 is 0 Å². The summed E-state index contributed by atoms with van der Waals surface area (Å²) in [6.45, 7) is 3.29. The first-order valence-electron chi connectivity index (χ1n) is 7.59. The smallest absolute Gasteiger partial charge is 0.255 e. The molecule has 1 heterocycles. The number of carbonyl (C=O) groups excluding carboxylic acids is 1. The molecule has 0 aliphatic carbocycles. The summed E-state index contributed by atoms with van der Waals surface area (Å²) in [4.78, 5) is 14.5. The van der Waals surface area contributed by atoms with Gasteiger partial charge in [0, 0.05) is 17.8 Å². The summed E-state index contributed by atoms with van der Waals surface area (Å²) in [6, 6.07) is 13.5. The fraction of sp³-hybridized carbons (Fsp3) is 0.278. The van der Waals surface area contributed by atoms with Crippen LogP contribution < -0.4 is 5.32 Å². The van der Waals surface area contributed by atoms with E-state index < -0.39 is 5.82 Å². The number of rotatable bonds is 4. The molecule has 1 amide bonds. The number of amides is 1. The van der Waals surface area contributed by atoms with Crippen molar-refractivity contribution in [2.45, 2.75) is 19.4 Å². The van der Waals surface area contributed by atoms with Crippen LogP contribution in [-0.4, -0.2) is 23.9 Å². The zero-order valence-electron chi connectivity index (χ0n) is 12.4. The van der Waals surface area contributed by atoms with Crippen LogP contribution in [0.3, 0.4) is 0 Å². The average Bonchev–Trinajstić information content (AvgIpc) is 3.02. The maximum Gasteiger partial charge on any atom is 0.255 e. The van der Waals surface area contributed by atoms with E-state index in [1.54, 1.807) is 6.07 Å². The summed E-state index contributed by atoms with van der Waals surface area (Å²) < 4.78 is 13.1. The van der Waals surface area contributed by atoms with E-state index in [0.29, 0.717) is 5.56 Å². The highest BCUT2D eigenvalue weighted by atomic mass is 19.1. The molecule has 0 aromatic heterocycles. The number of nitrogens with one attached hydrogen (secondary N) is 1. The van der Waals surface area contributed by atoms with Gasteiger partial charge in [-0.25, -0.2) is 4.39 Å². The van der Waals surface area contributed by atoms with Gasteiger partial charge in [0.05, 0.1) is 0 Å². The molecule has 1 fully saturated rings. The molecular formula is C18H19FN2O. The molecule has 0 saturated carbocycles. The maximum atomic E-state index is 13.1. The molecule has 22 heavy (non-hydrogen) atoms. The molecule has 2 aromatic rings. The van der Waals surface area contributed by atoms with E-state index in [-0.39, 0.29) is 5.91 Å². The highest BCUT2D eigenvalue weighted by molar-refractivity contribution is 6.04. The summed E-state index contributed by atoms with van der Waals surface area (Å²) in [5, 5.41) is 2.79. The minimum atomic E-state index is -0.409. The van der Waals surface area contributed by atoms with Crippen LogP contribution in [-0.2, 0) is 6.54 Å². The normalized spacial score (nSPS) is 15.0. The van der Waals surface area contributed by atoms with Crippen LogP contribution in [0.1, 0.15) is 28.8 Å². The molecule has 114 valence electrons. The van der Waals surface area contributed by atoms with Crippen LogP contribution in [0.2, 0.25) is 0 Å². The van der Waals surface area contributed by atoms with Crippen LogP contribution in [0.25, 0.3) is 0 Å². The Labute approximate surface area is 129 Å². The predicted molar refractivity (Wildman–Crippen MR) is 85.3 cm³/mol. The van der Waals surface area contributed by atoms with E-state index in [4.69, 9.17) is 0 Å². The number of anilines is 1. The lowest BCUT2D eigenvalue weighted by molar-refractivity contribution is 0.102. The van der Waals surface area contributed by atoms with Crippen LogP contribution in [0.4, 0.5) is 10.1 Å². The molecule has 0 radical (unpaired) electrons. The first kappa shape index (κ1) is 14.7. The van der Waals surface area contributed by atoms with Gasteiger partial charge in [-0.2, -0.15) is 0 Å². The molecule has 1 saturated heterocycles. The Kier molecular flexibility index (Phi) is 4.49. The summed E-state index contributed by atoms with van der Waals surface area (Å²) in [5.41, 5.74) is 2.28. The first-order chi connectivity index (χ1) is 10.7. The van der Waals surface area contributed by atoms with Crippen molar-refractivity contribution in [3.8, 4) is 0 Å². The fourth-order valence-electron chi connectivity index (χ4n) is 2.73. The second kappa shape index (κ2) is 6.71. The quantitative estimate of drug-likeness (QED) is 0.934. The van der Waals surface area contributed by atoms with Gasteiger partial charge in [-0.05, 0) is 61.8 Å². The van der Waals surface area contributed by atoms with E-state index in [2.05, 4.69) is 10.2 Å². The minimum Gasteiger partial charge on any atom is -0.322 e. The van der Waals surface area contributed by atoms with Gasteiger partial charge in [-0.15, -0.1) is 0 Å². The molecule has 0 unspecified atom stereocenters. The second-order valence-electron chi connectivity index (χ2n) is 5.64. The monoisotopic (exact) mass is 298 g/mol. The van der Waals surface area contributed by atoms with Gasteiger partial charge >= 0.3 is 0 Å². The summed E-state index contributed by atoms with van der Waals surface area (Å²) in [5.74, 6) is -0.708. The number of halogens is 1. The van der Waals surface area contributed by atoms with Gasteiger partial charge in [0.15, 0.2) is 0 Å². The highest BCUT2D eigenvalue weighted by Gasteiger charge is 2.12. The average molecular weight is 298 g/mol. The lowest BCUT2D eigenvalue weighted by Gasteiger charge is -2.14. The van der Waals surface area contributed by atoms with E-state index in [0.717, 1.165) is 25.3 Å². The molecule has 2 aromatic carbocycles. The van der Waals surface area contributed by atoms with Crippen LogP contribution in [0.15, 0.2) is 48.5 Å². The molecular weight excluding hydrogens is 279 g/mol. The van der Waals surface area contributed by atoms with E-state index in [1.807, 2.05) is 24.3 Å². The number of likely N-dealkylation sites (tertiary alicyclic amines) is 1. The van der Waals surface area contributed by atoms with Gasteiger partial charge in [-0.1, -0.05) is 18.2 Å². The molecule has 1 aliphatic heterocycles. The zero-order valence-corrected chi connectivity index (χ0v) is 12.4. The number of hydrogen-bond donors (Lipinski definition) is 1. The van der Waals surface area contributed by atoms with Crippen molar-refractivity contribution in [2.75, 3.05) is 18.4 Å². The molecule has 0 atom stereocenters. The Bertz CT molecular complexity index is 648. The summed E-state index contributed by atoms with van der Waals surface area (Å²) >= 11 is 0. The number of nitrogens with zero attached hydrogens (tertiary/aromatic N) is 1. The predicted octanol–water partition coefficient (Wildman–Crippen LogP) is 3.67. The van der Waals surface area contributed by atoms with Gasteiger partial charge in [-0.3, -0.25) is 9.69 Å². The van der Waals surface area contributed by atoms with E-state index in [1.165, 1.54) is 36.6 Å². The van der Waals surface area contributed by atoms with Gasteiger partial charge in [0.1, 0.15) is 5.82 Å². The molecule has 0 bridgehead atoms. The van der Waals surface area contributed by atoms with Crippen molar-refractivity contribution < 1.29 is 9.18 Å². The van der Waals surface area contributed by atoms with Crippen molar-refractivity contribution in [1.29, 1.82) is 0 Å².